The Kier molecular flexibility index (Phi) is 3.50. The molecule has 0 bridgehead atoms. The Hall–Kier alpha value is -1.26. The third-order valence-electron chi connectivity index (χ3n) is 2.99. The lowest BCUT2D eigenvalue weighted by Crippen LogP contribution is -2.26. The Bertz CT molecular complexity index is 530. The van der Waals surface area contributed by atoms with Crippen molar-refractivity contribution < 1.29 is 14.7 Å². The predicted octanol–water partition coefficient (Wildman–Crippen LogP) is 2.74. The van der Waals surface area contributed by atoms with E-state index >= 15 is 0 Å². The molecule has 2 rings (SSSR count). The molecule has 0 aliphatic carbocycles. The maximum Gasteiger partial charge on any atom is 0.308 e. The average molecular weight is 288 g/mol. The molecule has 0 spiro atoms. The van der Waals surface area contributed by atoms with Gasteiger partial charge in [-0.2, -0.15) is 0 Å². The molecule has 4 nitrogen and oxygen atoms in total. The number of anilines is 1. The van der Waals surface area contributed by atoms with Crippen LogP contribution >= 0.6 is 23.2 Å². The first-order valence-electron chi connectivity index (χ1n) is 5.39. The Morgan fingerprint density at radius 3 is 2.61 bits per heavy atom. The number of hydrogen-bond donors (Lipinski definition) is 1. The van der Waals surface area contributed by atoms with Gasteiger partial charge in [-0.1, -0.05) is 23.2 Å². The molecule has 1 aliphatic heterocycles. The lowest BCUT2D eigenvalue weighted by Gasteiger charge is -2.18. The lowest BCUT2D eigenvalue weighted by molar-refractivity contribution is -0.141. The Balaban J connectivity index is 2.35. The number of halogens is 2. The first kappa shape index (κ1) is 13.2. The number of carboxylic acid groups (broad SMARTS) is 1. The maximum absolute atomic E-state index is 11.8. The molecular weight excluding hydrogens is 277 g/mol. The molecule has 6 heteroatoms. The average Bonchev–Trinajstić information content (AvgIpc) is 2.66. The smallest absolute Gasteiger partial charge is 0.308 e. The second-order valence-corrected chi connectivity index (χ2v) is 5.11. The highest BCUT2D eigenvalue weighted by Gasteiger charge is 2.36. The predicted molar refractivity (Wildman–Crippen MR) is 69.3 cm³/mol. The van der Waals surface area contributed by atoms with E-state index in [1.54, 1.807) is 12.1 Å². The summed E-state index contributed by atoms with van der Waals surface area (Å²) in [6.45, 7) is 1.94. The molecule has 1 heterocycles. The molecule has 96 valence electrons. The largest absolute Gasteiger partial charge is 0.481 e. The van der Waals surface area contributed by atoms with Crippen LogP contribution in [0.25, 0.3) is 0 Å². The van der Waals surface area contributed by atoms with Gasteiger partial charge in [0.2, 0.25) is 5.91 Å². The summed E-state index contributed by atoms with van der Waals surface area (Å²) in [5.41, 5.74) is 1.29. The van der Waals surface area contributed by atoms with Gasteiger partial charge in [-0.05, 0) is 24.6 Å². The van der Waals surface area contributed by atoms with Crippen molar-refractivity contribution in [2.24, 2.45) is 5.92 Å². The van der Waals surface area contributed by atoms with Crippen molar-refractivity contribution in [3.63, 3.8) is 0 Å². The van der Waals surface area contributed by atoms with Gasteiger partial charge in [-0.25, -0.2) is 0 Å². The highest BCUT2D eigenvalue weighted by molar-refractivity contribution is 6.36. The highest BCUT2D eigenvalue weighted by atomic mass is 35.5. The summed E-state index contributed by atoms with van der Waals surface area (Å²) in [5, 5.41) is 9.83. The van der Waals surface area contributed by atoms with E-state index in [2.05, 4.69) is 0 Å². The molecule has 0 radical (unpaired) electrons. The molecule has 1 fully saturated rings. The molecule has 1 atom stereocenters. The Morgan fingerprint density at radius 1 is 1.39 bits per heavy atom. The first-order valence-corrected chi connectivity index (χ1v) is 6.14. The number of rotatable bonds is 2. The number of carbonyl (C=O) groups is 2. The zero-order valence-corrected chi connectivity index (χ0v) is 11.1. The Morgan fingerprint density at radius 2 is 2.06 bits per heavy atom. The summed E-state index contributed by atoms with van der Waals surface area (Å²) in [6.07, 6.45) is -0.00282. The van der Waals surface area contributed by atoms with Crippen LogP contribution in [0.2, 0.25) is 10.0 Å². The van der Waals surface area contributed by atoms with Crippen molar-refractivity contribution in [2.45, 2.75) is 13.3 Å². The molecule has 0 saturated carbocycles. The van der Waals surface area contributed by atoms with Gasteiger partial charge in [0.1, 0.15) is 0 Å². The van der Waals surface area contributed by atoms with Crippen LogP contribution < -0.4 is 4.90 Å². The molecule has 1 amide bonds. The lowest BCUT2D eigenvalue weighted by atomic mass is 10.1. The van der Waals surface area contributed by atoms with E-state index in [1.807, 2.05) is 6.92 Å². The van der Waals surface area contributed by atoms with Gasteiger partial charge < -0.3 is 10.0 Å². The number of aryl methyl sites for hydroxylation is 1. The van der Waals surface area contributed by atoms with Crippen molar-refractivity contribution >= 4 is 40.8 Å². The van der Waals surface area contributed by atoms with E-state index in [0.717, 1.165) is 5.56 Å². The maximum atomic E-state index is 11.8. The van der Waals surface area contributed by atoms with Crippen LogP contribution in [0.3, 0.4) is 0 Å². The number of benzene rings is 1. The van der Waals surface area contributed by atoms with Gasteiger partial charge in [-0.3, -0.25) is 9.59 Å². The molecule has 0 aromatic heterocycles. The van der Waals surface area contributed by atoms with Crippen molar-refractivity contribution in [2.75, 3.05) is 11.4 Å². The topological polar surface area (TPSA) is 57.6 Å². The van der Waals surface area contributed by atoms with E-state index in [0.29, 0.717) is 15.7 Å². The Labute approximate surface area is 114 Å². The monoisotopic (exact) mass is 287 g/mol. The second kappa shape index (κ2) is 4.78. The van der Waals surface area contributed by atoms with E-state index in [1.165, 1.54) is 4.90 Å². The minimum atomic E-state index is -0.972. The van der Waals surface area contributed by atoms with Crippen LogP contribution in [0.4, 0.5) is 5.69 Å². The number of aliphatic carboxylic acids is 1. The fourth-order valence-electron chi connectivity index (χ4n) is 1.95. The first-order chi connectivity index (χ1) is 8.40. The number of amides is 1. The summed E-state index contributed by atoms with van der Waals surface area (Å²) in [4.78, 5) is 24.1. The van der Waals surface area contributed by atoms with Gasteiger partial charge in [0, 0.05) is 18.0 Å². The van der Waals surface area contributed by atoms with E-state index in [-0.39, 0.29) is 18.9 Å². The van der Waals surface area contributed by atoms with Crippen molar-refractivity contribution in [3.8, 4) is 0 Å². The third kappa shape index (κ3) is 2.31. The van der Waals surface area contributed by atoms with Crippen molar-refractivity contribution in [3.05, 3.63) is 27.7 Å². The fraction of sp³-hybridized carbons (Fsp3) is 0.333. The molecule has 18 heavy (non-hydrogen) atoms. The molecular formula is C12H11Cl2NO3. The fourth-order valence-corrected chi connectivity index (χ4v) is 2.43. The molecule has 1 aromatic carbocycles. The van der Waals surface area contributed by atoms with Gasteiger partial charge in [0.25, 0.3) is 0 Å². The van der Waals surface area contributed by atoms with Gasteiger partial charge in [0.15, 0.2) is 0 Å². The summed E-state index contributed by atoms with van der Waals surface area (Å²) >= 11 is 12.1. The number of hydrogen-bond acceptors (Lipinski definition) is 2. The van der Waals surface area contributed by atoms with Crippen LogP contribution in [0, 0.1) is 12.8 Å². The number of carboxylic acids is 1. The number of nitrogens with zero attached hydrogens (tertiary/aromatic N) is 1. The van der Waals surface area contributed by atoms with Crippen LogP contribution in [-0.4, -0.2) is 23.5 Å². The molecule has 1 aliphatic rings. The number of carbonyl (C=O) groups excluding carboxylic acids is 1. The standard InChI is InChI=1S/C12H11Cl2NO3/c1-6-2-9(14)10(4-8(6)13)15-5-7(12(17)18)3-11(15)16/h2,4,7H,3,5H2,1H3,(H,17,18). The quantitative estimate of drug-likeness (QED) is 0.910. The minimum absolute atomic E-state index is 0.00282. The van der Waals surface area contributed by atoms with E-state index in [4.69, 9.17) is 28.3 Å². The summed E-state index contributed by atoms with van der Waals surface area (Å²) in [7, 11) is 0. The normalized spacial score (nSPS) is 19.4. The molecule has 1 saturated heterocycles. The zero-order valence-electron chi connectivity index (χ0n) is 9.61. The van der Waals surface area contributed by atoms with Gasteiger partial charge in [0.05, 0.1) is 16.6 Å². The SMILES string of the molecule is Cc1cc(Cl)c(N2CC(C(=O)O)CC2=O)cc1Cl. The van der Waals surface area contributed by atoms with Crippen LogP contribution in [-0.2, 0) is 9.59 Å². The van der Waals surface area contributed by atoms with Gasteiger partial charge in [-0.15, -0.1) is 0 Å². The molecule has 1 aromatic rings. The van der Waals surface area contributed by atoms with Crippen LogP contribution in [0.15, 0.2) is 12.1 Å². The highest BCUT2D eigenvalue weighted by Crippen LogP contribution is 2.35. The molecule has 1 N–H and O–H groups in total. The van der Waals surface area contributed by atoms with E-state index in [9.17, 15) is 9.59 Å². The zero-order chi connectivity index (χ0) is 13.4. The summed E-state index contributed by atoms with van der Waals surface area (Å²) in [6, 6.07) is 3.27. The summed E-state index contributed by atoms with van der Waals surface area (Å²) in [5.74, 6) is -1.90. The molecule has 1 unspecified atom stereocenters. The van der Waals surface area contributed by atoms with Crippen LogP contribution in [0.5, 0.6) is 0 Å². The van der Waals surface area contributed by atoms with Crippen molar-refractivity contribution in [1.29, 1.82) is 0 Å². The minimum Gasteiger partial charge on any atom is -0.481 e. The second-order valence-electron chi connectivity index (χ2n) is 4.30. The third-order valence-corrected chi connectivity index (χ3v) is 3.70. The van der Waals surface area contributed by atoms with Crippen molar-refractivity contribution in [1.82, 2.24) is 0 Å². The van der Waals surface area contributed by atoms with E-state index < -0.39 is 11.9 Å². The summed E-state index contributed by atoms with van der Waals surface area (Å²) < 4.78 is 0. The van der Waals surface area contributed by atoms with Crippen LogP contribution in [0.1, 0.15) is 12.0 Å². The van der Waals surface area contributed by atoms with Gasteiger partial charge >= 0.3 is 5.97 Å².